The summed E-state index contributed by atoms with van der Waals surface area (Å²) in [6.45, 7) is 4.03. The van der Waals surface area contributed by atoms with Crippen LogP contribution in [-0.2, 0) is 11.4 Å². The van der Waals surface area contributed by atoms with Gasteiger partial charge in [0.05, 0.1) is 13.2 Å². The third-order valence-corrected chi connectivity index (χ3v) is 6.21. The second kappa shape index (κ2) is 11.1. The number of nitrogens with one attached hydrogen (secondary N) is 2. The number of likely N-dealkylation sites (tertiary alicyclic amines) is 1. The molecule has 0 aromatic heterocycles. The van der Waals surface area contributed by atoms with E-state index in [0.717, 1.165) is 42.7 Å². The van der Waals surface area contributed by atoms with Gasteiger partial charge in [-0.1, -0.05) is 48.0 Å². The van der Waals surface area contributed by atoms with Gasteiger partial charge in [0.2, 0.25) is 5.91 Å². The molecule has 3 aromatic carbocycles. The summed E-state index contributed by atoms with van der Waals surface area (Å²) in [5, 5.41) is 16.1. The van der Waals surface area contributed by atoms with Crippen molar-refractivity contribution < 1.29 is 14.7 Å². The Bertz CT molecular complexity index is 1120. The van der Waals surface area contributed by atoms with Crippen LogP contribution in [0.3, 0.4) is 0 Å². The number of rotatable bonds is 8. The fourth-order valence-electron chi connectivity index (χ4n) is 4.31. The molecular formula is C28H31N3O3. The Balaban J connectivity index is 1.24. The first kappa shape index (κ1) is 23.7. The van der Waals surface area contributed by atoms with Gasteiger partial charge in [-0.25, -0.2) is 0 Å². The fourth-order valence-corrected chi connectivity index (χ4v) is 4.31. The summed E-state index contributed by atoms with van der Waals surface area (Å²) >= 11 is 0. The number of hydrogen-bond acceptors (Lipinski definition) is 5. The Labute approximate surface area is 200 Å². The molecule has 34 heavy (non-hydrogen) atoms. The second-order valence-electron chi connectivity index (χ2n) is 8.83. The van der Waals surface area contributed by atoms with E-state index < -0.39 is 0 Å². The van der Waals surface area contributed by atoms with E-state index in [1.165, 1.54) is 0 Å². The van der Waals surface area contributed by atoms with Crippen molar-refractivity contribution in [2.75, 3.05) is 30.3 Å². The monoisotopic (exact) mass is 457 g/mol. The minimum Gasteiger partial charge on any atom is -0.392 e. The quantitative estimate of drug-likeness (QED) is 0.441. The predicted octanol–water partition coefficient (Wildman–Crippen LogP) is 4.23. The van der Waals surface area contributed by atoms with Gasteiger partial charge in [-0.15, -0.1) is 0 Å². The lowest BCUT2D eigenvalue weighted by atomic mass is 10.0. The largest absolute Gasteiger partial charge is 0.392 e. The second-order valence-corrected chi connectivity index (χ2v) is 8.83. The van der Waals surface area contributed by atoms with Gasteiger partial charge < -0.3 is 15.7 Å². The first-order valence-corrected chi connectivity index (χ1v) is 11.7. The third-order valence-electron chi connectivity index (χ3n) is 6.21. The van der Waals surface area contributed by atoms with Crippen molar-refractivity contribution in [2.45, 2.75) is 32.4 Å². The van der Waals surface area contributed by atoms with Crippen LogP contribution in [0.1, 0.15) is 39.9 Å². The minimum absolute atomic E-state index is 0.0183. The zero-order valence-electron chi connectivity index (χ0n) is 19.5. The van der Waals surface area contributed by atoms with E-state index in [4.69, 9.17) is 0 Å². The molecule has 3 N–H and O–H groups in total. The van der Waals surface area contributed by atoms with Gasteiger partial charge in [0.1, 0.15) is 0 Å². The van der Waals surface area contributed by atoms with Crippen LogP contribution in [-0.4, -0.2) is 47.4 Å². The van der Waals surface area contributed by atoms with Gasteiger partial charge in [-0.3, -0.25) is 14.5 Å². The maximum Gasteiger partial charge on any atom is 0.238 e. The summed E-state index contributed by atoms with van der Waals surface area (Å²) in [4.78, 5) is 27.2. The molecule has 176 valence electrons. The van der Waals surface area contributed by atoms with Crippen molar-refractivity contribution >= 4 is 23.1 Å². The highest BCUT2D eigenvalue weighted by molar-refractivity contribution is 6.09. The molecule has 1 saturated heterocycles. The molecule has 1 aliphatic heterocycles. The molecule has 1 fully saturated rings. The molecule has 0 saturated carbocycles. The first-order valence-electron chi connectivity index (χ1n) is 11.7. The van der Waals surface area contributed by atoms with Gasteiger partial charge in [0, 0.05) is 47.2 Å². The van der Waals surface area contributed by atoms with Crippen LogP contribution in [0.5, 0.6) is 0 Å². The lowest BCUT2D eigenvalue weighted by Crippen LogP contribution is -2.42. The van der Waals surface area contributed by atoms with Crippen LogP contribution in [0.4, 0.5) is 11.4 Å². The van der Waals surface area contributed by atoms with Gasteiger partial charge in [-0.2, -0.15) is 0 Å². The van der Waals surface area contributed by atoms with E-state index in [-0.39, 0.29) is 18.3 Å². The number of nitrogens with zero attached hydrogens (tertiary/aromatic N) is 1. The van der Waals surface area contributed by atoms with Gasteiger partial charge in [0.25, 0.3) is 0 Å². The Morgan fingerprint density at radius 2 is 1.62 bits per heavy atom. The van der Waals surface area contributed by atoms with E-state index >= 15 is 0 Å². The van der Waals surface area contributed by atoms with E-state index in [1.807, 2.05) is 43.3 Å². The van der Waals surface area contributed by atoms with Gasteiger partial charge in [0.15, 0.2) is 5.78 Å². The van der Waals surface area contributed by atoms with E-state index in [9.17, 15) is 14.7 Å². The van der Waals surface area contributed by atoms with Crippen LogP contribution >= 0.6 is 0 Å². The number of carbonyl (C=O) groups is 2. The number of hydrogen-bond donors (Lipinski definition) is 3. The number of aryl methyl sites for hydroxylation is 1. The Kier molecular flexibility index (Phi) is 7.72. The summed E-state index contributed by atoms with van der Waals surface area (Å²) in [6, 6.07) is 22.6. The van der Waals surface area contributed by atoms with Crippen LogP contribution < -0.4 is 10.6 Å². The molecule has 6 heteroatoms. The molecular weight excluding hydrogens is 426 g/mol. The summed E-state index contributed by atoms with van der Waals surface area (Å²) in [6.07, 6.45) is 1.87. The number of aliphatic hydroxyl groups is 1. The number of aliphatic hydroxyl groups excluding tert-OH is 1. The molecule has 0 aliphatic carbocycles. The molecule has 0 bridgehead atoms. The maximum atomic E-state index is 12.5. The average molecular weight is 458 g/mol. The van der Waals surface area contributed by atoms with Gasteiger partial charge in [-0.05, 0) is 50.1 Å². The predicted molar refractivity (Wildman–Crippen MR) is 135 cm³/mol. The average Bonchev–Trinajstić information content (AvgIpc) is 2.86. The van der Waals surface area contributed by atoms with Crippen LogP contribution in [0, 0.1) is 6.92 Å². The van der Waals surface area contributed by atoms with Crippen LogP contribution in [0.25, 0.3) is 0 Å². The number of carbonyl (C=O) groups excluding carboxylic acids is 2. The third kappa shape index (κ3) is 6.10. The normalized spacial score (nSPS) is 14.5. The van der Waals surface area contributed by atoms with Crippen molar-refractivity contribution in [3.8, 4) is 0 Å². The zero-order chi connectivity index (χ0) is 23.9. The SMILES string of the molecule is Cc1ccc(NC2CCN(CC(=O)Nc3ccc(C(=O)c4ccccc4)cc3)CC2)c(CO)c1. The number of amides is 1. The van der Waals surface area contributed by atoms with E-state index in [0.29, 0.717) is 29.4 Å². The molecule has 0 radical (unpaired) electrons. The lowest BCUT2D eigenvalue weighted by molar-refractivity contribution is -0.117. The van der Waals surface area contributed by atoms with Crippen molar-refractivity contribution in [3.63, 3.8) is 0 Å². The topological polar surface area (TPSA) is 81.7 Å². The van der Waals surface area contributed by atoms with Crippen LogP contribution in [0.2, 0.25) is 0 Å². The number of ketones is 1. The van der Waals surface area contributed by atoms with Crippen molar-refractivity contribution in [1.29, 1.82) is 0 Å². The van der Waals surface area contributed by atoms with Crippen molar-refractivity contribution in [1.82, 2.24) is 4.90 Å². The summed E-state index contributed by atoms with van der Waals surface area (Å²) in [7, 11) is 0. The minimum atomic E-state index is -0.0605. The summed E-state index contributed by atoms with van der Waals surface area (Å²) in [5.74, 6) is -0.0960. The number of anilines is 2. The van der Waals surface area contributed by atoms with Crippen LogP contribution in [0.15, 0.2) is 72.8 Å². The molecule has 6 nitrogen and oxygen atoms in total. The number of benzene rings is 3. The number of piperidine rings is 1. The molecule has 3 aromatic rings. The highest BCUT2D eigenvalue weighted by atomic mass is 16.3. The van der Waals surface area contributed by atoms with Crippen molar-refractivity contribution in [2.24, 2.45) is 0 Å². The highest BCUT2D eigenvalue weighted by Gasteiger charge is 2.21. The highest BCUT2D eigenvalue weighted by Crippen LogP contribution is 2.22. The smallest absolute Gasteiger partial charge is 0.238 e. The summed E-state index contributed by atoms with van der Waals surface area (Å²) in [5.41, 5.74) is 4.95. The maximum absolute atomic E-state index is 12.5. The molecule has 0 spiro atoms. The molecule has 1 amide bonds. The van der Waals surface area contributed by atoms with Crippen molar-refractivity contribution in [3.05, 3.63) is 95.1 Å². The molecule has 1 aliphatic rings. The zero-order valence-corrected chi connectivity index (χ0v) is 19.5. The standard InChI is InChI=1S/C28H31N3O3/c1-20-7-12-26(23(17-20)19-32)29-25-13-15-31(16-14-25)18-27(33)30-24-10-8-22(9-11-24)28(34)21-5-3-2-4-6-21/h2-12,17,25,29,32H,13-16,18-19H2,1H3,(H,30,33). The summed E-state index contributed by atoms with van der Waals surface area (Å²) < 4.78 is 0. The fraction of sp³-hybridized carbons (Fsp3) is 0.286. The molecule has 1 heterocycles. The lowest BCUT2D eigenvalue weighted by Gasteiger charge is -2.32. The van der Waals surface area contributed by atoms with Gasteiger partial charge >= 0.3 is 0 Å². The Morgan fingerprint density at radius 1 is 0.941 bits per heavy atom. The first-order chi connectivity index (χ1) is 16.5. The Morgan fingerprint density at radius 3 is 2.29 bits per heavy atom. The Hall–Kier alpha value is -3.48. The van der Waals surface area contributed by atoms with E-state index in [1.54, 1.807) is 36.4 Å². The molecule has 0 unspecified atom stereocenters. The molecule has 4 rings (SSSR count). The van der Waals surface area contributed by atoms with E-state index in [2.05, 4.69) is 15.5 Å². The molecule has 0 atom stereocenters.